The van der Waals surface area contributed by atoms with Gasteiger partial charge < -0.3 is 24.4 Å². The van der Waals surface area contributed by atoms with Crippen LogP contribution in [-0.4, -0.2) is 44.8 Å². The van der Waals surface area contributed by atoms with Crippen molar-refractivity contribution in [2.45, 2.75) is 45.1 Å². The van der Waals surface area contributed by atoms with Gasteiger partial charge in [-0.3, -0.25) is 0 Å². The summed E-state index contributed by atoms with van der Waals surface area (Å²) in [4.78, 5) is 14.9. The minimum Gasteiger partial charge on any atom is -0.494 e. The quantitative estimate of drug-likeness (QED) is 0.879. The van der Waals surface area contributed by atoms with E-state index in [1.54, 1.807) is 27.4 Å². The van der Waals surface area contributed by atoms with Crippen LogP contribution in [0.3, 0.4) is 0 Å². The Kier molecular flexibility index (Phi) is 5.25. The third-order valence-corrected chi connectivity index (χ3v) is 5.55. The van der Waals surface area contributed by atoms with Crippen LogP contribution in [0.1, 0.15) is 37.7 Å². The molecule has 138 valence electrons. The van der Waals surface area contributed by atoms with Gasteiger partial charge in [0, 0.05) is 24.2 Å². The molecule has 1 aromatic carbocycles. The molecule has 2 fully saturated rings. The smallest absolute Gasteiger partial charge is 0.322 e. The van der Waals surface area contributed by atoms with Crippen LogP contribution in [0.5, 0.6) is 17.2 Å². The van der Waals surface area contributed by atoms with Crippen molar-refractivity contribution in [1.82, 2.24) is 4.90 Å². The van der Waals surface area contributed by atoms with E-state index in [2.05, 4.69) is 5.32 Å². The Bertz CT molecular complexity index is 643. The zero-order valence-corrected chi connectivity index (χ0v) is 15.6. The summed E-state index contributed by atoms with van der Waals surface area (Å²) in [6, 6.07) is 2.08. The van der Waals surface area contributed by atoms with Crippen LogP contribution in [-0.2, 0) is 0 Å². The molecule has 2 amide bonds. The lowest BCUT2D eigenvalue weighted by molar-refractivity contribution is 0.148. The molecule has 1 aliphatic carbocycles. The number of amides is 2. The van der Waals surface area contributed by atoms with Crippen molar-refractivity contribution in [2.75, 3.05) is 33.2 Å². The molecule has 0 bridgehead atoms. The maximum Gasteiger partial charge on any atom is 0.322 e. The Labute approximate surface area is 149 Å². The molecule has 1 saturated heterocycles. The first-order valence-corrected chi connectivity index (χ1v) is 8.97. The van der Waals surface area contributed by atoms with E-state index in [0.717, 1.165) is 24.9 Å². The SMILES string of the molecule is COc1cc(NC(=O)N2CCC[C@@H]2C2CCC2)c(OC)c(C)c1OC. The van der Waals surface area contributed by atoms with Crippen molar-refractivity contribution in [3.05, 3.63) is 11.6 Å². The summed E-state index contributed by atoms with van der Waals surface area (Å²) < 4.78 is 16.3. The number of carbonyl (C=O) groups excluding carboxylic acids is 1. The molecule has 0 unspecified atom stereocenters. The number of nitrogens with one attached hydrogen (secondary N) is 1. The number of hydrogen-bond donors (Lipinski definition) is 1. The summed E-state index contributed by atoms with van der Waals surface area (Å²) in [6.07, 6.45) is 5.97. The van der Waals surface area contributed by atoms with Crippen LogP contribution >= 0.6 is 0 Å². The van der Waals surface area contributed by atoms with Gasteiger partial charge in [-0.1, -0.05) is 6.42 Å². The summed E-state index contributed by atoms with van der Waals surface area (Å²) in [6.45, 7) is 2.71. The monoisotopic (exact) mass is 348 g/mol. The molecule has 1 N–H and O–H groups in total. The zero-order valence-electron chi connectivity index (χ0n) is 15.6. The van der Waals surface area contributed by atoms with Gasteiger partial charge in [0.05, 0.1) is 27.0 Å². The average Bonchev–Trinajstić information content (AvgIpc) is 3.02. The number of urea groups is 1. The van der Waals surface area contributed by atoms with Crippen molar-refractivity contribution in [1.29, 1.82) is 0 Å². The van der Waals surface area contributed by atoms with Gasteiger partial charge in [-0.15, -0.1) is 0 Å². The fraction of sp³-hybridized carbons (Fsp3) is 0.632. The second-order valence-corrected chi connectivity index (χ2v) is 6.84. The standard InChI is InChI=1S/C19H28N2O4/c1-12-17(24-3)14(11-16(23-2)18(12)25-4)20-19(22)21-10-6-9-15(21)13-7-5-8-13/h11,13,15H,5-10H2,1-4H3,(H,20,22)/t15-/m1/s1. The minimum atomic E-state index is -0.0562. The first kappa shape index (κ1) is 17.7. The van der Waals surface area contributed by atoms with Gasteiger partial charge in [0.15, 0.2) is 11.5 Å². The molecule has 3 rings (SSSR count). The average molecular weight is 348 g/mol. The second kappa shape index (κ2) is 7.42. The zero-order chi connectivity index (χ0) is 18.0. The molecule has 1 heterocycles. The molecule has 25 heavy (non-hydrogen) atoms. The molecule has 6 heteroatoms. The highest BCUT2D eigenvalue weighted by Gasteiger charge is 2.37. The van der Waals surface area contributed by atoms with Gasteiger partial charge in [-0.25, -0.2) is 4.79 Å². The number of benzene rings is 1. The highest BCUT2D eigenvalue weighted by Crippen LogP contribution is 2.43. The van der Waals surface area contributed by atoms with Crippen molar-refractivity contribution in [3.8, 4) is 17.2 Å². The van der Waals surface area contributed by atoms with Crippen molar-refractivity contribution >= 4 is 11.7 Å². The number of anilines is 1. The van der Waals surface area contributed by atoms with Gasteiger partial charge in [0.25, 0.3) is 0 Å². The molecule has 0 aromatic heterocycles. The predicted octanol–water partition coefficient (Wildman–Crippen LogP) is 3.82. The molecular weight excluding hydrogens is 320 g/mol. The van der Waals surface area contributed by atoms with E-state index in [0.29, 0.717) is 34.9 Å². The number of hydrogen-bond acceptors (Lipinski definition) is 4. The highest BCUT2D eigenvalue weighted by molar-refractivity contribution is 5.92. The van der Waals surface area contributed by atoms with E-state index in [9.17, 15) is 4.79 Å². The summed E-state index contributed by atoms with van der Waals surface area (Å²) in [5.41, 5.74) is 1.42. The highest BCUT2D eigenvalue weighted by atomic mass is 16.5. The lowest BCUT2D eigenvalue weighted by Crippen LogP contribution is -2.44. The van der Waals surface area contributed by atoms with E-state index >= 15 is 0 Å². The Morgan fingerprint density at radius 3 is 2.36 bits per heavy atom. The third kappa shape index (κ3) is 3.22. The molecule has 0 spiro atoms. The maximum absolute atomic E-state index is 12.9. The molecular formula is C19H28N2O4. The van der Waals surface area contributed by atoms with Crippen LogP contribution < -0.4 is 19.5 Å². The number of rotatable bonds is 5. The molecule has 1 saturated carbocycles. The Balaban J connectivity index is 1.84. The van der Waals surface area contributed by atoms with Gasteiger partial charge in [-0.05, 0) is 38.5 Å². The third-order valence-electron chi connectivity index (χ3n) is 5.55. The van der Waals surface area contributed by atoms with E-state index < -0.39 is 0 Å². The van der Waals surface area contributed by atoms with Crippen LogP contribution in [0.25, 0.3) is 0 Å². The maximum atomic E-state index is 12.9. The normalized spacial score (nSPS) is 20.2. The number of likely N-dealkylation sites (tertiary alicyclic amines) is 1. The van der Waals surface area contributed by atoms with Crippen molar-refractivity contribution in [3.63, 3.8) is 0 Å². The summed E-state index contributed by atoms with van der Waals surface area (Å²) in [5.74, 6) is 2.46. The van der Waals surface area contributed by atoms with E-state index in [4.69, 9.17) is 14.2 Å². The Morgan fingerprint density at radius 2 is 1.80 bits per heavy atom. The van der Waals surface area contributed by atoms with E-state index in [1.807, 2.05) is 11.8 Å². The first-order chi connectivity index (χ1) is 12.1. The lowest BCUT2D eigenvalue weighted by Gasteiger charge is -2.37. The van der Waals surface area contributed by atoms with Gasteiger partial charge in [0.1, 0.15) is 5.75 Å². The van der Waals surface area contributed by atoms with Crippen molar-refractivity contribution < 1.29 is 19.0 Å². The second-order valence-electron chi connectivity index (χ2n) is 6.84. The summed E-state index contributed by atoms with van der Waals surface area (Å²) in [5, 5.41) is 3.03. The van der Waals surface area contributed by atoms with Crippen LogP contribution in [0, 0.1) is 12.8 Å². The molecule has 1 aliphatic heterocycles. The summed E-state index contributed by atoms with van der Waals surface area (Å²) >= 11 is 0. The fourth-order valence-electron chi connectivity index (χ4n) is 4.06. The first-order valence-electron chi connectivity index (χ1n) is 8.97. The molecule has 1 atom stereocenters. The fourth-order valence-corrected chi connectivity index (χ4v) is 4.06. The van der Waals surface area contributed by atoms with Crippen molar-refractivity contribution in [2.24, 2.45) is 5.92 Å². The molecule has 0 radical (unpaired) electrons. The van der Waals surface area contributed by atoms with Crippen LogP contribution in [0.2, 0.25) is 0 Å². The number of methoxy groups -OCH3 is 3. The van der Waals surface area contributed by atoms with Crippen LogP contribution in [0.15, 0.2) is 6.07 Å². The number of ether oxygens (including phenoxy) is 3. The van der Waals surface area contributed by atoms with Gasteiger partial charge in [-0.2, -0.15) is 0 Å². The Morgan fingerprint density at radius 1 is 1.08 bits per heavy atom. The minimum absolute atomic E-state index is 0.0562. The van der Waals surface area contributed by atoms with E-state index in [-0.39, 0.29) is 6.03 Å². The van der Waals surface area contributed by atoms with E-state index in [1.165, 1.54) is 19.3 Å². The molecule has 6 nitrogen and oxygen atoms in total. The summed E-state index contributed by atoms with van der Waals surface area (Å²) in [7, 11) is 4.77. The van der Waals surface area contributed by atoms with Crippen LogP contribution in [0.4, 0.5) is 10.5 Å². The van der Waals surface area contributed by atoms with Gasteiger partial charge in [0.2, 0.25) is 0 Å². The molecule has 2 aliphatic rings. The lowest BCUT2D eigenvalue weighted by atomic mass is 9.79. The predicted molar refractivity (Wildman–Crippen MR) is 96.9 cm³/mol. The van der Waals surface area contributed by atoms with Gasteiger partial charge >= 0.3 is 6.03 Å². The topological polar surface area (TPSA) is 60.0 Å². The number of nitrogens with zero attached hydrogens (tertiary/aromatic N) is 1. The largest absolute Gasteiger partial charge is 0.494 e. The Hall–Kier alpha value is -2.11. The number of carbonyl (C=O) groups is 1. The molecule has 1 aromatic rings.